The molecule has 0 aliphatic rings. The molecule has 8 nitrogen and oxygen atoms in total. The molecular weight excluding hydrogens is 374 g/mol. The molecule has 0 saturated carbocycles. The van der Waals surface area contributed by atoms with E-state index in [2.05, 4.69) is 5.32 Å². The number of hydrogen-bond donors (Lipinski definition) is 2. The minimum absolute atomic E-state index is 0.228. The molecule has 0 spiro atoms. The van der Waals surface area contributed by atoms with E-state index < -0.39 is 36.5 Å². The number of esters is 1. The molecule has 1 aromatic rings. The number of hydrazine groups is 1. The first-order valence-electron chi connectivity index (χ1n) is 10.0. The van der Waals surface area contributed by atoms with E-state index in [9.17, 15) is 19.5 Å². The number of benzene rings is 1. The highest BCUT2D eigenvalue weighted by molar-refractivity contribution is 5.86. The molecule has 0 aliphatic heterocycles. The number of amides is 1. The van der Waals surface area contributed by atoms with Crippen molar-refractivity contribution in [3.63, 3.8) is 0 Å². The largest absolute Gasteiger partial charge is 0.480 e. The molecule has 1 rings (SSSR count). The summed E-state index contributed by atoms with van der Waals surface area (Å²) in [4.78, 5) is 36.9. The van der Waals surface area contributed by atoms with Crippen molar-refractivity contribution in [1.29, 1.82) is 0 Å². The molecule has 0 heterocycles. The number of hydrogen-bond acceptors (Lipinski definition) is 6. The van der Waals surface area contributed by atoms with Gasteiger partial charge in [-0.1, -0.05) is 51.1 Å². The van der Waals surface area contributed by atoms with E-state index in [-0.39, 0.29) is 12.5 Å². The molecule has 8 heteroatoms. The summed E-state index contributed by atoms with van der Waals surface area (Å²) in [5.41, 5.74) is 0.934. The van der Waals surface area contributed by atoms with Gasteiger partial charge in [-0.05, 0) is 19.4 Å². The number of aliphatic carboxylic acids is 1. The molecule has 0 aromatic heterocycles. The molecule has 3 atom stereocenters. The monoisotopic (exact) mass is 407 g/mol. The first kappa shape index (κ1) is 24.6. The number of carbonyl (C=O) groups is 3. The fourth-order valence-electron chi connectivity index (χ4n) is 3.17. The predicted molar refractivity (Wildman–Crippen MR) is 110 cm³/mol. The van der Waals surface area contributed by atoms with Crippen LogP contribution in [-0.4, -0.2) is 71.3 Å². The normalized spacial score (nSPS) is 14.1. The van der Waals surface area contributed by atoms with E-state index in [1.165, 1.54) is 5.01 Å². The molecule has 0 bridgehead atoms. The SMILES string of the molecule is CCOC(=O)[C@@H](N[C@@H](C)C(=O)N(CC(=O)O)N(CC)CC)C(C)c1ccccc1. The van der Waals surface area contributed by atoms with Crippen LogP contribution in [0.25, 0.3) is 0 Å². The molecule has 29 heavy (non-hydrogen) atoms. The summed E-state index contributed by atoms with van der Waals surface area (Å²) < 4.78 is 5.21. The van der Waals surface area contributed by atoms with Gasteiger partial charge in [-0.25, -0.2) is 5.01 Å². The number of rotatable bonds is 12. The van der Waals surface area contributed by atoms with E-state index in [0.717, 1.165) is 5.56 Å². The zero-order chi connectivity index (χ0) is 22.0. The predicted octanol–water partition coefficient (Wildman–Crippen LogP) is 1.87. The van der Waals surface area contributed by atoms with Gasteiger partial charge in [0.05, 0.1) is 12.6 Å². The van der Waals surface area contributed by atoms with Crippen molar-refractivity contribution >= 4 is 17.8 Å². The molecule has 0 aliphatic carbocycles. The minimum Gasteiger partial charge on any atom is -0.480 e. The molecule has 1 unspecified atom stereocenters. The molecule has 1 amide bonds. The second-order valence-corrected chi connectivity index (χ2v) is 6.75. The maximum atomic E-state index is 13.0. The van der Waals surface area contributed by atoms with Crippen LogP contribution in [0.2, 0.25) is 0 Å². The lowest BCUT2D eigenvalue weighted by molar-refractivity contribution is -0.161. The summed E-state index contributed by atoms with van der Waals surface area (Å²) in [5.74, 6) is -2.20. The maximum Gasteiger partial charge on any atom is 0.324 e. The van der Waals surface area contributed by atoms with Crippen LogP contribution in [0.15, 0.2) is 30.3 Å². The van der Waals surface area contributed by atoms with Crippen LogP contribution in [0.5, 0.6) is 0 Å². The van der Waals surface area contributed by atoms with E-state index in [1.807, 2.05) is 51.1 Å². The highest BCUT2D eigenvalue weighted by Crippen LogP contribution is 2.21. The van der Waals surface area contributed by atoms with Crippen molar-refractivity contribution in [2.24, 2.45) is 0 Å². The Morgan fingerprint density at radius 3 is 2.14 bits per heavy atom. The Bertz CT molecular complexity index is 664. The van der Waals surface area contributed by atoms with Crippen LogP contribution in [0.3, 0.4) is 0 Å². The molecular formula is C21H33N3O5. The number of carbonyl (C=O) groups excluding carboxylic acids is 2. The van der Waals surface area contributed by atoms with Crippen LogP contribution in [-0.2, 0) is 19.1 Å². The Morgan fingerprint density at radius 1 is 1.07 bits per heavy atom. The lowest BCUT2D eigenvalue weighted by Crippen LogP contribution is -2.57. The Morgan fingerprint density at radius 2 is 1.66 bits per heavy atom. The average molecular weight is 408 g/mol. The van der Waals surface area contributed by atoms with Gasteiger partial charge in [0.25, 0.3) is 5.91 Å². The Balaban J connectivity index is 3.07. The number of carboxylic acid groups (broad SMARTS) is 1. The zero-order valence-corrected chi connectivity index (χ0v) is 17.9. The quantitative estimate of drug-likeness (QED) is 0.403. The summed E-state index contributed by atoms with van der Waals surface area (Å²) in [6.07, 6.45) is 0. The summed E-state index contributed by atoms with van der Waals surface area (Å²) in [5, 5.41) is 15.2. The second-order valence-electron chi connectivity index (χ2n) is 6.75. The van der Waals surface area contributed by atoms with Crippen LogP contribution >= 0.6 is 0 Å². The van der Waals surface area contributed by atoms with Gasteiger partial charge in [0.1, 0.15) is 12.6 Å². The van der Waals surface area contributed by atoms with Crippen LogP contribution < -0.4 is 5.32 Å². The summed E-state index contributed by atoms with van der Waals surface area (Å²) in [6, 6.07) is 7.96. The smallest absolute Gasteiger partial charge is 0.324 e. The molecule has 0 saturated heterocycles. The molecule has 1 aromatic carbocycles. The fraction of sp³-hybridized carbons (Fsp3) is 0.571. The van der Waals surface area contributed by atoms with Crippen molar-refractivity contribution in [3.05, 3.63) is 35.9 Å². The topological polar surface area (TPSA) is 99.2 Å². The Kier molecular flexibility index (Phi) is 10.3. The second kappa shape index (κ2) is 12.2. The van der Waals surface area contributed by atoms with Crippen molar-refractivity contribution in [2.45, 2.75) is 52.6 Å². The summed E-state index contributed by atoms with van der Waals surface area (Å²) in [7, 11) is 0. The van der Waals surface area contributed by atoms with E-state index in [4.69, 9.17) is 4.74 Å². The standard InChI is InChI=1S/C21H33N3O5/c1-6-23(7-2)24(14-18(25)26)20(27)16(5)22-19(21(28)29-8-3)15(4)17-12-10-9-11-13-17/h9-13,15-16,19,22H,6-8,14H2,1-5H3,(H,25,26)/t15?,16-,19-/m0/s1. The van der Waals surface area contributed by atoms with E-state index in [0.29, 0.717) is 13.1 Å². The fourth-order valence-corrected chi connectivity index (χ4v) is 3.17. The lowest BCUT2D eigenvalue weighted by Gasteiger charge is -2.35. The van der Waals surface area contributed by atoms with E-state index >= 15 is 0 Å². The number of ether oxygens (including phenoxy) is 1. The number of nitrogens with one attached hydrogen (secondary N) is 1. The Labute approximate surface area is 172 Å². The van der Waals surface area contributed by atoms with Crippen molar-refractivity contribution in [2.75, 3.05) is 26.2 Å². The molecule has 0 fully saturated rings. The van der Waals surface area contributed by atoms with Gasteiger partial charge >= 0.3 is 11.9 Å². The third-order valence-electron chi connectivity index (χ3n) is 4.78. The van der Waals surface area contributed by atoms with Gasteiger partial charge in [0.15, 0.2) is 0 Å². The third-order valence-corrected chi connectivity index (χ3v) is 4.78. The maximum absolute atomic E-state index is 13.0. The number of carboxylic acids is 1. The van der Waals surface area contributed by atoms with Gasteiger partial charge in [0, 0.05) is 19.0 Å². The summed E-state index contributed by atoms with van der Waals surface area (Å²) in [6.45, 7) is 9.71. The van der Waals surface area contributed by atoms with Gasteiger partial charge < -0.3 is 9.84 Å². The van der Waals surface area contributed by atoms with Crippen molar-refractivity contribution in [1.82, 2.24) is 15.3 Å². The lowest BCUT2D eigenvalue weighted by atomic mass is 9.92. The molecule has 0 radical (unpaired) electrons. The number of nitrogens with zero attached hydrogens (tertiary/aromatic N) is 2. The highest BCUT2D eigenvalue weighted by Gasteiger charge is 2.33. The van der Waals surface area contributed by atoms with Crippen molar-refractivity contribution in [3.8, 4) is 0 Å². The average Bonchev–Trinajstić information content (AvgIpc) is 2.71. The molecule has 2 N–H and O–H groups in total. The minimum atomic E-state index is -1.10. The van der Waals surface area contributed by atoms with Gasteiger partial charge in [-0.2, -0.15) is 0 Å². The highest BCUT2D eigenvalue weighted by atomic mass is 16.5. The van der Waals surface area contributed by atoms with Crippen LogP contribution in [0.1, 0.15) is 46.1 Å². The first-order chi connectivity index (χ1) is 13.8. The van der Waals surface area contributed by atoms with Crippen LogP contribution in [0.4, 0.5) is 0 Å². The first-order valence-corrected chi connectivity index (χ1v) is 10.0. The van der Waals surface area contributed by atoms with Crippen LogP contribution in [0, 0.1) is 0 Å². The van der Waals surface area contributed by atoms with Gasteiger partial charge in [-0.15, -0.1) is 0 Å². The Hall–Kier alpha value is -2.45. The van der Waals surface area contributed by atoms with Gasteiger partial charge in [-0.3, -0.25) is 24.7 Å². The molecule has 162 valence electrons. The van der Waals surface area contributed by atoms with Crippen molar-refractivity contribution < 1.29 is 24.2 Å². The van der Waals surface area contributed by atoms with Gasteiger partial charge in [0.2, 0.25) is 0 Å². The van der Waals surface area contributed by atoms with E-state index in [1.54, 1.807) is 18.9 Å². The third kappa shape index (κ3) is 7.14. The summed E-state index contributed by atoms with van der Waals surface area (Å²) >= 11 is 0. The zero-order valence-electron chi connectivity index (χ0n) is 17.9.